The quantitative estimate of drug-likeness (QED) is 0.162. The minimum Gasteiger partial charge on any atom is -0.543 e. The number of amides is 2. The molecule has 5 N–H and O–H groups in total. The monoisotopic (exact) mass is 484 g/mol. The maximum atomic E-state index is 12.9. The first-order valence-electron chi connectivity index (χ1n) is 9.93. The maximum Gasteiger partial charge on any atom is 0.276 e. The van der Waals surface area contributed by atoms with E-state index in [2.05, 4.69) is 20.4 Å². The van der Waals surface area contributed by atoms with Gasteiger partial charge in [0.25, 0.3) is 11.8 Å². The van der Waals surface area contributed by atoms with E-state index in [1.165, 1.54) is 31.1 Å². The van der Waals surface area contributed by atoms with E-state index >= 15 is 0 Å². The maximum absolute atomic E-state index is 12.9. The van der Waals surface area contributed by atoms with E-state index in [0.717, 1.165) is 4.90 Å². The van der Waals surface area contributed by atoms with Gasteiger partial charge in [-0.25, -0.2) is 9.97 Å². The van der Waals surface area contributed by atoms with E-state index in [4.69, 9.17) is 16.3 Å². The molecule has 0 radical (unpaired) electrons. The average Bonchev–Trinajstić information content (AvgIpc) is 2.80. The highest BCUT2D eigenvalue weighted by atomic mass is 32.2. The largest absolute Gasteiger partial charge is 0.543 e. The van der Waals surface area contributed by atoms with Crippen molar-refractivity contribution >= 4 is 46.9 Å². The molecule has 1 saturated heterocycles. The molecule has 1 unspecified atom stereocenters. The Bertz CT molecular complexity index is 1230. The van der Waals surface area contributed by atoms with Crippen LogP contribution in [0.2, 0.25) is 0 Å². The Balaban J connectivity index is 1.54. The molecule has 4 rings (SSSR count). The molecule has 13 nitrogen and oxygen atoms in total. The van der Waals surface area contributed by atoms with Gasteiger partial charge in [0.15, 0.2) is 24.3 Å². The number of carbonyl (C=O) groups is 3. The fourth-order valence-corrected chi connectivity index (χ4v) is 4.99. The molecule has 0 bridgehead atoms. The predicted molar refractivity (Wildman–Crippen MR) is 118 cm³/mol. The third kappa shape index (κ3) is 4.34. The lowest BCUT2D eigenvalue weighted by Crippen LogP contribution is -2.71. The molecule has 2 amide bonds. The molecule has 1 fully saturated rings. The lowest BCUT2D eigenvalue weighted by molar-refractivity contribution is -0.688. The van der Waals surface area contributed by atoms with Gasteiger partial charge >= 0.3 is 0 Å². The standard InChI is InChI=1S/C20H20N8O5S/c1-33-26-14(11-3-2-4-12(21)24-11)17(29)25-15-18(30)28-16(20(31)32)10(9-34-19(15)28)7-27-6-5-23-13(22)8-27/h2-6,8,15,19H,7,9H2,1H3,(H5-,21,22,23,24,25,29,31,32)/b26-14-/t15?,19-/m1/s1. The molecule has 0 aromatic carbocycles. The lowest BCUT2D eigenvalue weighted by atomic mass is 10.0. The Morgan fingerprint density at radius 2 is 2.18 bits per heavy atom. The van der Waals surface area contributed by atoms with Gasteiger partial charge in [-0.05, 0) is 12.1 Å². The highest BCUT2D eigenvalue weighted by molar-refractivity contribution is 8.00. The van der Waals surface area contributed by atoms with Crippen LogP contribution in [-0.2, 0) is 25.8 Å². The van der Waals surface area contributed by atoms with Crippen LogP contribution in [0.1, 0.15) is 5.69 Å². The number of aliphatic carboxylic acids is 1. The van der Waals surface area contributed by atoms with Crippen LogP contribution < -0.4 is 26.5 Å². The predicted octanol–water partition coefficient (Wildman–Crippen LogP) is -2.62. The number of nitrogens with zero attached hydrogens (tertiary/aromatic N) is 5. The van der Waals surface area contributed by atoms with Crippen LogP contribution in [0.25, 0.3) is 0 Å². The van der Waals surface area contributed by atoms with Crippen molar-refractivity contribution < 1.29 is 28.9 Å². The van der Waals surface area contributed by atoms with Crippen molar-refractivity contribution in [3.63, 3.8) is 0 Å². The summed E-state index contributed by atoms with van der Waals surface area (Å²) in [6.45, 7) is 0.183. The van der Waals surface area contributed by atoms with Crippen LogP contribution in [0.3, 0.4) is 0 Å². The topological polar surface area (TPSA) is 193 Å². The van der Waals surface area contributed by atoms with E-state index in [9.17, 15) is 19.5 Å². The van der Waals surface area contributed by atoms with Crippen molar-refractivity contribution in [1.82, 2.24) is 20.2 Å². The number of rotatable bonds is 7. The van der Waals surface area contributed by atoms with Gasteiger partial charge in [0, 0.05) is 11.3 Å². The molecule has 34 heavy (non-hydrogen) atoms. The Kier molecular flexibility index (Phi) is 6.32. The van der Waals surface area contributed by atoms with E-state index in [-0.39, 0.29) is 35.3 Å². The van der Waals surface area contributed by atoms with E-state index < -0.39 is 29.2 Å². The van der Waals surface area contributed by atoms with Gasteiger partial charge in [0.05, 0.1) is 17.9 Å². The van der Waals surface area contributed by atoms with Gasteiger partial charge in [-0.1, -0.05) is 11.2 Å². The van der Waals surface area contributed by atoms with Gasteiger partial charge in [-0.2, -0.15) is 4.57 Å². The molecule has 0 saturated carbocycles. The number of nitrogens with two attached hydrogens (primary N) is 2. The number of oxime groups is 1. The first-order chi connectivity index (χ1) is 16.3. The number of aromatic nitrogens is 3. The summed E-state index contributed by atoms with van der Waals surface area (Å²) in [6.07, 6.45) is 4.68. The van der Waals surface area contributed by atoms with Crippen molar-refractivity contribution in [2.24, 2.45) is 5.16 Å². The molecule has 0 aliphatic carbocycles. The Morgan fingerprint density at radius 1 is 1.38 bits per heavy atom. The van der Waals surface area contributed by atoms with Gasteiger partial charge in [-0.3, -0.25) is 14.5 Å². The van der Waals surface area contributed by atoms with Crippen molar-refractivity contribution in [1.29, 1.82) is 0 Å². The summed E-state index contributed by atoms with van der Waals surface area (Å²) < 4.78 is 1.66. The Labute approximate surface area is 197 Å². The number of fused-ring (bicyclic) bond motifs is 1. The molecule has 2 aliphatic heterocycles. The van der Waals surface area contributed by atoms with Crippen LogP contribution in [0.15, 0.2) is 53.2 Å². The first kappa shape index (κ1) is 23.0. The van der Waals surface area contributed by atoms with Crippen LogP contribution >= 0.6 is 11.8 Å². The van der Waals surface area contributed by atoms with Gasteiger partial charge < -0.3 is 31.5 Å². The molecule has 176 valence electrons. The number of pyridine rings is 1. The van der Waals surface area contributed by atoms with Crippen LogP contribution in [0.5, 0.6) is 0 Å². The van der Waals surface area contributed by atoms with Crippen LogP contribution in [0.4, 0.5) is 11.6 Å². The molecule has 2 atom stereocenters. The summed E-state index contributed by atoms with van der Waals surface area (Å²) in [5, 5.41) is 17.6. The first-order valence-corrected chi connectivity index (χ1v) is 11.0. The smallest absolute Gasteiger partial charge is 0.276 e. The number of β-lactam (4-membered cyclic amide) rings is 1. The minimum absolute atomic E-state index is 0.158. The molecule has 14 heteroatoms. The number of anilines is 2. The number of nitrogens with one attached hydrogen (secondary N) is 1. The number of carboxylic acids is 1. The highest BCUT2D eigenvalue weighted by Gasteiger charge is 2.53. The molecular weight excluding hydrogens is 464 g/mol. The van der Waals surface area contributed by atoms with Gasteiger partial charge in [-0.15, -0.1) is 11.8 Å². The highest BCUT2D eigenvalue weighted by Crippen LogP contribution is 2.40. The van der Waals surface area contributed by atoms with Crippen molar-refractivity contribution in [2.45, 2.75) is 18.0 Å². The zero-order valence-electron chi connectivity index (χ0n) is 17.9. The summed E-state index contributed by atoms with van der Waals surface area (Å²) >= 11 is 1.32. The van der Waals surface area contributed by atoms with Crippen molar-refractivity contribution in [3.05, 3.63) is 53.8 Å². The zero-order valence-corrected chi connectivity index (χ0v) is 18.7. The van der Waals surface area contributed by atoms with E-state index in [0.29, 0.717) is 11.3 Å². The number of hydrogen-bond acceptors (Lipinski definition) is 11. The second-order valence-corrected chi connectivity index (χ2v) is 8.43. The van der Waals surface area contributed by atoms with E-state index in [1.807, 2.05) is 0 Å². The summed E-state index contributed by atoms with van der Waals surface area (Å²) in [5.74, 6) is -2.04. The van der Waals surface area contributed by atoms with Crippen molar-refractivity contribution in [3.8, 4) is 0 Å². The third-order valence-electron chi connectivity index (χ3n) is 5.09. The lowest BCUT2D eigenvalue weighted by Gasteiger charge is -2.50. The molecule has 2 aliphatic rings. The van der Waals surface area contributed by atoms with E-state index in [1.54, 1.807) is 29.1 Å². The number of nitrogen functional groups attached to an aromatic ring is 2. The fourth-order valence-electron chi connectivity index (χ4n) is 3.65. The molecule has 2 aromatic rings. The summed E-state index contributed by atoms with van der Waals surface area (Å²) in [5.41, 5.74) is 11.6. The van der Waals surface area contributed by atoms with Crippen molar-refractivity contribution in [2.75, 3.05) is 24.3 Å². The number of carbonyl (C=O) groups excluding carboxylic acids is 3. The average molecular weight is 484 g/mol. The van der Waals surface area contributed by atoms with Crippen LogP contribution in [-0.4, -0.2) is 62.6 Å². The second kappa shape index (κ2) is 9.35. The summed E-state index contributed by atoms with van der Waals surface area (Å²) in [6, 6.07) is 3.68. The molecule has 2 aromatic heterocycles. The van der Waals surface area contributed by atoms with Crippen LogP contribution in [0, 0.1) is 0 Å². The molecular formula is C20H20N8O5S. The zero-order chi connectivity index (χ0) is 24.4. The number of carboxylic acid groups (broad SMARTS) is 1. The molecule has 0 spiro atoms. The number of hydrogen-bond donors (Lipinski definition) is 3. The Hall–Kier alpha value is -4.20. The number of thioether (sulfide) groups is 1. The summed E-state index contributed by atoms with van der Waals surface area (Å²) in [4.78, 5) is 51.5. The SMILES string of the molecule is CO/N=C(\C(=O)NC1C(=O)N2C(C(=O)[O-])=C(C[n+]3ccnc(N)c3)CS[C@H]12)c1cccc(N)n1. The molecule has 4 heterocycles. The summed E-state index contributed by atoms with van der Waals surface area (Å²) in [7, 11) is 1.26. The Morgan fingerprint density at radius 3 is 2.85 bits per heavy atom. The third-order valence-corrected chi connectivity index (χ3v) is 6.43. The second-order valence-electron chi connectivity index (χ2n) is 7.32. The minimum atomic E-state index is -1.48. The van der Waals surface area contributed by atoms with Gasteiger partial charge in [0.1, 0.15) is 30.0 Å². The normalized spacial score (nSPS) is 19.9. The fraction of sp³-hybridized carbons (Fsp3) is 0.250. The van der Waals surface area contributed by atoms with Gasteiger partial charge in [0.2, 0.25) is 6.20 Å².